The molecule has 142 valence electrons. The Morgan fingerprint density at radius 2 is 1.77 bits per heavy atom. The number of carbonyl (C=O) groups is 1. The van der Waals surface area contributed by atoms with Crippen molar-refractivity contribution in [3.63, 3.8) is 0 Å². The topological polar surface area (TPSA) is 32.3 Å². The van der Waals surface area contributed by atoms with Gasteiger partial charge in [-0.3, -0.25) is 9.69 Å². The van der Waals surface area contributed by atoms with Crippen LogP contribution in [0, 0.1) is 17.3 Å². The summed E-state index contributed by atoms with van der Waals surface area (Å²) < 4.78 is 41.9. The second-order valence-electron chi connectivity index (χ2n) is 8.20. The number of rotatable bonds is 6. The molecule has 1 aromatic rings. The summed E-state index contributed by atoms with van der Waals surface area (Å²) in [6, 6.07) is 9.41. The van der Waals surface area contributed by atoms with Gasteiger partial charge in [0.2, 0.25) is 5.91 Å². The molecule has 1 aromatic carbocycles. The van der Waals surface area contributed by atoms with Crippen LogP contribution >= 0.6 is 0 Å². The number of benzene rings is 1. The highest BCUT2D eigenvalue weighted by atomic mass is 19.4. The Labute approximate surface area is 151 Å². The van der Waals surface area contributed by atoms with Gasteiger partial charge in [-0.1, -0.05) is 30.3 Å². The van der Waals surface area contributed by atoms with E-state index in [4.69, 9.17) is 0 Å². The fraction of sp³-hybridized carbons (Fsp3) is 0.650. The molecule has 2 saturated carbocycles. The molecule has 1 aliphatic heterocycles. The molecule has 1 N–H and O–H groups in total. The molecule has 0 bridgehead atoms. The van der Waals surface area contributed by atoms with Gasteiger partial charge in [0.05, 0.1) is 0 Å². The number of halogens is 3. The number of hydrogen-bond donors (Lipinski definition) is 1. The number of hydrogen-bond acceptors (Lipinski definition) is 2. The summed E-state index contributed by atoms with van der Waals surface area (Å²) in [7, 11) is 0. The molecular weight excluding hydrogens is 341 g/mol. The average molecular weight is 366 g/mol. The van der Waals surface area contributed by atoms with Crippen molar-refractivity contribution in [2.75, 3.05) is 13.1 Å². The van der Waals surface area contributed by atoms with Gasteiger partial charge in [-0.25, -0.2) is 0 Å². The van der Waals surface area contributed by atoms with E-state index in [0.717, 1.165) is 31.2 Å². The Morgan fingerprint density at radius 3 is 2.31 bits per heavy atom. The summed E-state index contributed by atoms with van der Waals surface area (Å²) >= 11 is 0. The average Bonchev–Trinajstić information content (AvgIpc) is 3.51. The van der Waals surface area contributed by atoms with Crippen LogP contribution in [0.2, 0.25) is 0 Å². The Kier molecular flexibility index (Phi) is 4.49. The Hall–Kier alpha value is -1.56. The predicted octanol–water partition coefficient (Wildman–Crippen LogP) is 3.75. The summed E-state index contributed by atoms with van der Waals surface area (Å²) in [4.78, 5) is 14.6. The molecule has 0 radical (unpaired) electrons. The van der Waals surface area contributed by atoms with Crippen LogP contribution < -0.4 is 5.32 Å². The van der Waals surface area contributed by atoms with Crippen LogP contribution in [-0.2, 0) is 11.3 Å². The summed E-state index contributed by atoms with van der Waals surface area (Å²) in [6.07, 6.45) is -0.570. The maximum Gasteiger partial charge on any atom is 0.404 e. The lowest BCUT2D eigenvalue weighted by Gasteiger charge is -2.32. The first kappa shape index (κ1) is 17.8. The van der Waals surface area contributed by atoms with E-state index >= 15 is 0 Å². The van der Waals surface area contributed by atoms with E-state index in [1.54, 1.807) is 4.90 Å². The second kappa shape index (κ2) is 6.55. The molecule has 4 rings (SSSR count). The number of nitrogens with zero attached hydrogens (tertiary/aromatic N) is 1. The Morgan fingerprint density at radius 1 is 1.15 bits per heavy atom. The van der Waals surface area contributed by atoms with Crippen molar-refractivity contribution < 1.29 is 18.0 Å². The lowest BCUT2D eigenvalue weighted by atomic mass is 9.84. The van der Waals surface area contributed by atoms with Gasteiger partial charge in [-0.15, -0.1) is 0 Å². The minimum atomic E-state index is -4.53. The minimum absolute atomic E-state index is 0.0510. The van der Waals surface area contributed by atoms with Crippen molar-refractivity contribution in [2.45, 2.75) is 50.9 Å². The monoisotopic (exact) mass is 366 g/mol. The van der Waals surface area contributed by atoms with Crippen LogP contribution in [0.5, 0.6) is 0 Å². The predicted molar refractivity (Wildman–Crippen MR) is 92.2 cm³/mol. The smallest absolute Gasteiger partial charge is 0.352 e. The molecule has 1 unspecified atom stereocenters. The SMILES string of the molecule is O=C(NC(C1CC1)C1CC1)C1(C(F)(F)F)CCN(Cc2ccccc2)C1. The van der Waals surface area contributed by atoms with E-state index < -0.39 is 17.5 Å². The zero-order chi connectivity index (χ0) is 18.4. The van der Waals surface area contributed by atoms with Gasteiger partial charge in [-0.2, -0.15) is 13.2 Å². The van der Waals surface area contributed by atoms with E-state index in [2.05, 4.69) is 5.32 Å². The lowest BCUT2D eigenvalue weighted by Crippen LogP contribution is -2.55. The van der Waals surface area contributed by atoms with Crippen LogP contribution in [-0.4, -0.2) is 36.1 Å². The molecular formula is C20H25F3N2O. The third-order valence-electron chi connectivity index (χ3n) is 6.13. The molecule has 0 spiro atoms. The molecule has 3 aliphatic rings. The number of alkyl halides is 3. The molecule has 1 amide bonds. The van der Waals surface area contributed by atoms with Crippen molar-refractivity contribution in [3.05, 3.63) is 35.9 Å². The van der Waals surface area contributed by atoms with Gasteiger partial charge < -0.3 is 5.32 Å². The molecule has 3 fully saturated rings. The van der Waals surface area contributed by atoms with Gasteiger partial charge >= 0.3 is 6.18 Å². The summed E-state index contributed by atoms with van der Waals surface area (Å²) in [6.45, 7) is 0.485. The number of carbonyl (C=O) groups excluding carboxylic acids is 1. The van der Waals surface area contributed by atoms with Crippen molar-refractivity contribution in [2.24, 2.45) is 17.3 Å². The number of likely N-dealkylation sites (tertiary alicyclic amines) is 1. The van der Waals surface area contributed by atoms with Crippen molar-refractivity contribution in [1.82, 2.24) is 10.2 Å². The lowest BCUT2D eigenvalue weighted by molar-refractivity contribution is -0.218. The fourth-order valence-corrected chi connectivity index (χ4v) is 4.23. The molecule has 3 nitrogen and oxygen atoms in total. The zero-order valence-corrected chi connectivity index (χ0v) is 14.8. The van der Waals surface area contributed by atoms with Gasteiger partial charge in [0.15, 0.2) is 5.41 Å². The van der Waals surface area contributed by atoms with E-state index in [1.165, 1.54) is 0 Å². The van der Waals surface area contributed by atoms with E-state index in [1.807, 2.05) is 30.3 Å². The second-order valence-corrected chi connectivity index (χ2v) is 8.20. The van der Waals surface area contributed by atoms with Crippen LogP contribution in [0.4, 0.5) is 13.2 Å². The maximum absolute atomic E-state index is 14.0. The summed E-state index contributed by atoms with van der Waals surface area (Å²) in [5.74, 6) is -0.0264. The van der Waals surface area contributed by atoms with E-state index in [-0.39, 0.29) is 19.0 Å². The highest BCUT2D eigenvalue weighted by molar-refractivity contribution is 5.84. The first-order valence-corrected chi connectivity index (χ1v) is 9.53. The third kappa shape index (κ3) is 3.48. The largest absolute Gasteiger partial charge is 0.404 e. The highest BCUT2D eigenvalue weighted by Gasteiger charge is 2.63. The molecule has 1 saturated heterocycles. The fourth-order valence-electron chi connectivity index (χ4n) is 4.23. The number of nitrogens with one attached hydrogen (secondary N) is 1. The first-order valence-electron chi connectivity index (χ1n) is 9.53. The zero-order valence-electron chi connectivity index (χ0n) is 14.8. The highest BCUT2D eigenvalue weighted by Crippen LogP contribution is 2.48. The van der Waals surface area contributed by atoms with Crippen molar-refractivity contribution in [3.8, 4) is 0 Å². The van der Waals surface area contributed by atoms with Gasteiger partial charge in [0.1, 0.15) is 0 Å². The number of amides is 1. The Bertz CT molecular complexity index is 643. The molecule has 1 atom stereocenters. The van der Waals surface area contributed by atoms with Crippen LogP contribution in [0.25, 0.3) is 0 Å². The van der Waals surface area contributed by atoms with E-state index in [0.29, 0.717) is 24.9 Å². The standard InChI is InChI=1S/C20H25F3N2O/c21-20(22,23)19(18(26)24-17(15-6-7-15)16-8-9-16)10-11-25(13-19)12-14-4-2-1-3-5-14/h1-5,15-17H,6-13H2,(H,24,26). The van der Waals surface area contributed by atoms with Gasteiger partial charge in [-0.05, 0) is 56.0 Å². The molecule has 0 aromatic heterocycles. The van der Waals surface area contributed by atoms with Crippen molar-refractivity contribution in [1.29, 1.82) is 0 Å². The molecule has 1 heterocycles. The quantitative estimate of drug-likeness (QED) is 0.832. The van der Waals surface area contributed by atoms with Gasteiger partial charge in [0.25, 0.3) is 0 Å². The van der Waals surface area contributed by atoms with Crippen molar-refractivity contribution >= 4 is 5.91 Å². The minimum Gasteiger partial charge on any atom is -0.352 e. The summed E-state index contributed by atoms with van der Waals surface area (Å²) in [5, 5.41) is 2.83. The Balaban J connectivity index is 1.48. The molecule has 6 heteroatoms. The van der Waals surface area contributed by atoms with Crippen LogP contribution in [0.1, 0.15) is 37.7 Å². The molecule has 2 aliphatic carbocycles. The molecule has 26 heavy (non-hydrogen) atoms. The van der Waals surface area contributed by atoms with E-state index in [9.17, 15) is 18.0 Å². The van der Waals surface area contributed by atoms with Crippen LogP contribution in [0.3, 0.4) is 0 Å². The normalized spacial score (nSPS) is 27.1. The third-order valence-corrected chi connectivity index (χ3v) is 6.13. The summed E-state index contributed by atoms with van der Waals surface area (Å²) in [5.41, 5.74) is -1.30. The van der Waals surface area contributed by atoms with Gasteiger partial charge in [0, 0.05) is 19.1 Å². The van der Waals surface area contributed by atoms with Crippen LogP contribution in [0.15, 0.2) is 30.3 Å². The first-order chi connectivity index (χ1) is 12.4. The maximum atomic E-state index is 14.0.